The number of hydrogen-bond donors (Lipinski definition) is 1. The molecule has 0 radical (unpaired) electrons. The van der Waals surface area contributed by atoms with Gasteiger partial charge in [-0.1, -0.05) is 23.7 Å². The summed E-state index contributed by atoms with van der Waals surface area (Å²) in [6.45, 7) is 0. The lowest BCUT2D eigenvalue weighted by molar-refractivity contribution is 1.36. The van der Waals surface area contributed by atoms with Crippen LogP contribution in [0.2, 0.25) is 5.02 Å². The Bertz CT molecular complexity index is 1500. The van der Waals surface area contributed by atoms with E-state index in [2.05, 4.69) is 4.98 Å². The van der Waals surface area contributed by atoms with E-state index in [1.54, 1.807) is 48.5 Å². The molecule has 1 N–H and O–H groups in total. The van der Waals surface area contributed by atoms with Crippen molar-refractivity contribution >= 4 is 67.0 Å². The third-order valence-electron chi connectivity index (χ3n) is 4.69. The highest BCUT2D eigenvalue weighted by molar-refractivity contribution is 6.31. The zero-order valence-corrected chi connectivity index (χ0v) is 14.7. The number of rotatable bonds is 0. The van der Waals surface area contributed by atoms with Crippen molar-refractivity contribution in [2.24, 2.45) is 0 Å². The van der Waals surface area contributed by atoms with Crippen LogP contribution in [0.5, 0.6) is 0 Å². The molecule has 3 aromatic carbocycles. The number of benzene rings is 3. The van der Waals surface area contributed by atoms with Crippen LogP contribution < -0.4 is 10.9 Å². The van der Waals surface area contributed by atoms with E-state index < -0.39 is 0 Å². The second kappa shape index (κ2) is 5.34. The molecule has 0 amide bonds. The number of halogens is 2. The first-order valence-electron chi connectivity index (χ1n) is 7.93. The molecule has 0 unspecified atom stereocenters. The maximum atomic E-state index is 12.9. The zero-order valence-electron chi connectivity index (χ0n) is 13.2. The van der Waals surface area contributed by atoms with Gasteiger partial charge in [-0.2, -0.15) is 0 Å². The van der Waals surface area contributed by atoms with Crippen molar-refractivity contribution in [2.75, 3.05) is 0 Å². The van der Waals surface area contributed by atoms with Crippen molar-refractivity contribution in [1.29, 1.82) is 0 Å². The van der Waals surface area contributed by atoms with Gasteiger partial charge in [-0.3, -0.25) is 13.7 Å². The number of para-hydroxylation sites is 1. The molecule has 5 aromatic rings. The topological polar surface area (TPSA) is 54.9 Å². The molecule has 2 aromatic heterocycles. The molecular weight excluding hydrogens is 371 g/mol. The van der Waals surface area contributed by atoms with Crippen molar-refractivity contribution in [3.8, 4) is 0 Å². The summed E-state index contributed by atoms with van der Waals surface area (Å²) in [6, 6.07) is 15.6. The van der Waals surface area contributed by atoms with Crippen LogP contribution in [0.25, 0.3) is 43.6 Å². The minimum absolute atomic E-state index is 0.119. The van der Waals surface area contributed by atoms with Gasteiger partial charge in [0.25, 0.3) is 0 Å². The summed E-state index contributed by atoms with van der Waals surface area (Å²) in [6.07, 6.45) is 0. The van der Waals surface area contributed by atoms with Crippen molar-refractivity contribution in [3.05, 3.63) is 80.1 Å². The highest BCUT2D eigenvalue weighted by Gasteiger charge is 2.13. The summed E-state index contributed by atoms with van der Waals surface area (Å²) in [4.78, 5) is 29.0. The molecule has 0 bridgehead atoms. The van der Waals surface area contributed by atoms with Crippen LogP contribution in [0.3, 0.4) is 0 Å². The monoisotopic (exact) mass is 380 g/mol. The van der Waals surface area contributed by atoms with E-state index in [4.69, 9.17) is 23.4 Å². The summed E-state index contributed by atoms with van der Waals surface area (Å²) in [5, 5.41) is 2.42. The number of aromatic amines is 1. The second-order valence-electron chi connectivity index (χ2n) is 6.19. The first-order chi connectivity index (χ1) is 12.5. The lowest BCUT2D eigenvalue weighted by Crippen LogP contribution is -2.10. The zero-order chi connectivity index (χ0) is 18.0. The predicted octanol–water partition coefficient (Wildman–Crippen LogP) is 4.80. The molecule has 0 atom stereocenters. The second-order valence-corrected chi connectivity index (χ2v) is 6.96. The summed E-state index contributed by atoms with van der Waals surface area (Å²) < 4.78 is 1.42. The van der Waals surface area contributed by atoms with Gasteiger partial charge in [0.1, 0.15) is 0 Å². The molecule has 5 rings (SSSR count). The molecular formula is C20H10Cl2N2O2. The maximum absolute atomic E-state index is 12.9. The minimum atomic E-state index is -0.157. The Morgan fingerprint density at radius 1 is 0.731 bits per heavy atom. The van der Waals surface area contributed by atoms with E-state index in [0.29, 0.717) is 48.6 Å². The van der Waals surface area contributed by atoms with Crippen LogP contribution in [0, 0.1) is 0 Å². The van der Waals surface area contributed by atoms with E-state index in [-0.39, 0.29) is 10.9 Å². The number of nitrogens with one attached hydrogen (secondary N) is 1. The van der Waals surface area contributed by atoms with E-state index in [1.165, 1.54) is 4.09 Å². The van der Waals surface area contributed by atoms with Crippen molar-refractivity contribution in [1.82, 2.24) is 9.07 Å². The van der Waals surface area contributed by atoms with Gasteiger partial charge in [-0.05, 0) is 42.5 Å². The van der Waals surface area contributed by atoms with Crippen LogP contribution in [0.1, 0.15) is 0 Å². The molecule has 0 saturated carbocycles. The number of fused-ring (bicyclic) bond motifs is 4. The first-order valence-corrected chi connectivity index (χ1v) is 8.65. The van der Waals surface area contributed by atoms with E-state index in [0.717, 1.165) is 0 Å². The van der Waals surface area contributed by atoms with Gasteiger partial charge < -0.3 is 4.98 Å². The SMILES string of the molecule is O=c1c2cc(Cl)ccc2[nH]c2cc3c(=O)c4ccccc4n(Cl)c3cc12. The Morgan fingerprint density at radius 3 is 2.31 bits per heavy atom. The molecule has 126 valence electrons. The van der Waals surface area contributed by atoms with Crippen molar-refractivity contribution in [3.63, 3.8) is 0 Å². The third-order valence-corrected chi connectivity index (χ3v) is 5.29. The molecule has 0 spiro atoms. The summed E-state index contributed by atoms with van der Waals surface area (Å²) in [7, 11) is 0. The fraction of sp³-hybridized carbons (Fsp3) is 0. The summed E-state index contributed by atoms with van der Waals surface area (Å²) in [5.41, 5.74) is 2.07. The lowest BCUT2D eigenvalue weighted by Gasteiger charge is -2.10. The van der Waals surface area contributed by atoms with Crippen LogP contribution in [0.15, 0.2) is 64.2 Å². The minimum Gasteiger partial charge on any atom is -0.354 e. The normalized spacial score (nSPS) is 11.8. The third kappa shape index (κ3) is 2.03. The van der Waals surface area contributed by atoms with E-state index in [9.17, 15) is 9.59 Å². The fourth-order valence-corrected chi connectivity index (χ4v) is 3.90. The Balaban J connectivity index is 2.06. The van der Waals surface area contributed by atoms with Crippen LogP contribution in [-0.2, 0) is 0 Å². The summed E-state index contributed by atoms with van der Waals surface area (Å²) in [5.74, 6) is 0. The predicted molar refractivity (Wildman–Crippen MR) is 108 cm³/mol. The van der Waals surface area contributed by atoms with Gasteiger partial charge >= 0.3 is 0 Å². The number of aromatic nitrogens is 2. The number of H-pyrrole nitrogens is 1. The Morgan fingerprint density at radius 2 is 1.46 bits per heavy atom. The number of nitrogens with zero attached hydrogens (tertiary/aromatic N) is 1. The van der Waals surface area contributed by atoms with Gasteiger partial charge in [0.2, 0.25) is 0 Å². The average molecular weight is 381 g/mol. The van der Waals surface area contributed by atoms with Crippen molar-refractivity contribution in [2.45, 2.75) is 0 Å². The highest BCUT2D eigenvalue weighted by Crippen LogP contribution is 2.25. The molecule has 0 aliphatic rings. The van der Waals surface area contributed by atoms with E-state index >= 15 is 0 Å². The van der Waals surface area contributed by atoms with E-state index in [1.807, 2.05) is 6.07 Å². The largest absolute Gasteiger partial charge is 0.354 e. The molecule has 6 heteroatoms. The molecule has 0 aliphatic heterocycles. The Kier molecular flexibility index (Phi) is 3.17. The van der Waals surface area contributed by atoms with Crippen molar-refractivity contribution < 1.29 is 0 Å². The fourth-order valence-electron chi connectivity index (χ4n) is 3.44. The maximum Gasteiger partial charge on any atom is 0.197 e. The molecule has 0 fully saturated rings. The lowest BCUT2D eigenvalue weighted by atomic mass is 10.1. The Labute approximate surface area is 156 Å². The highest BCUT2D eigenvalue weighted by atomic mass is 35.5. The molecule has 0 aliphatic carbocycles. The summed E-state index contributed by atoms with van der Waals surface area (Å²) >= 11 is 12.5. The van der Waals surface area contributed by atoms with Gasteiger partial charge in [0.15, 0.2) is 10.9 Å². The molecule has 4 nitrogen and oxygen atoms in total. The van der Waals surface area contributed by atoms with Gasteiger partial charge in [0, 0.05) is 43.9 Å². The quantitative estimate of drug-likeness (QED) is 0.392. The number of hydrogen-bond acceptors (Lipinski definition) is 2. The van der Waals surface area contributed by atoms with Gasteiger partial charge in [0.05, 0.1) is 16.6 Å². The molecule has 0 saturated heterocycles. The van der Waals surface area contributed by atoms with Crippen LogP contribution >= 0.6 is 23.4 Å². The van der Waals surface area contributed by atoms with Crippen LogP contribution in [-0.4, -0.2) is 9.07 Å². The standard InChI is InChI=1S/C20H10Cl2N2O2/c21-10-5-6-15-12(7-10)20(26)13-9-18-14(8-16(13)23-15)19(25)11-3-1-2-4-17(11)24(18)22/h1-9H,(H,23,26). The molecule has 2 heterocycles. The Hall–Kier alpha value is -2.82. The smallest absolute Gasteiger partial charge is 0.197 e. The molecule has 26 heavy (non-hydrogen) atoms. The van der Waals surface area contributed by atoms with Crippen LogP contribution in [0.4, 0.5) is 0 Å². The first kappa shape index (κ1) is 15.4. The number of pyridine rings is 2. The van der Waals surface area contributed by atoms with Gasteiger partial charge in [-0.15, -0.1) is 0 Å². The average Bonchev–Trinajstić information content (AvgIpc) is 2.66. The van der Waals surface area contributed by atoms with Gasteiger partial charge in [-0.25, -0.2) is 0 Å².